The maximum Gasteiger partial charge on any atom is 0.250 e. The number of rotatable bonds is 11. The summed E-state index contributed by atoms with van der Waals surface area (Å²) in [5, 5.41) is 0.185. The largest absolute Gasteiger partial charge is 0.543 e. The highest BCUT2D eigenvalue weighted by molar-refractivity contribution is 6.74. The van der Waals surface area contributed by atoms with Gasteiger partial charge in [0.2, 0.25) is 8.32 Å². The van der Waals surface area contributed by atoms with E-state index in [1.807, 2.05) is 0 Å². The molecule has 1 aromatic rings. The predicted molar refractivity (Wildman–Crippen MR) is 166 cm³/mol. The average molecular weight is 525 g/mol. The van der Waals surface area contributed by atoms with Gasteiger partial charge in [0, 0.05) is 0 Å². The molecular weight excluding hydrogens is 468 g/mol. The zero-order valence-electron chi connectivity index (χ0n) is 26.3. The van der Waals surface area contributed by atoms with Crippen molar-refractivity contribution in [2.45, 2.75) is 144 Å². The number of hydrogen-bond acceptors (Lipinski definition) is 2. The molecule has 3 heteroatoms. The second-order valence-corrected chi connectivity index (χ2v) is 18.3. The van der Waals surface area contributed by atoms with Crippen molar-refractivity contribution < 1.29 is 9.16 Å². The molecule has 0 unspecified atom stereocenters. The van der Waals surface area contributed by atoms with Crippen molar-refractivity contribution in [2.75, 3.05) is 0 Å². The van der Waals surface area contributed by atoms with E-state index in [4.69, 9.17) is 9.16 Å². The zero-order chi connectivity index (χ0) is 28.0. The van der Waals surface area contributed by atoms with E-state index in [0.717, 1.165) is 56.4 Å². The Hall–Kier alpha value is -1.74. The van der Waals surface area contributed by atoms with E-state index in [0.29, 0.717) is 0 Å². The van der Waals surface area contributed by atoms with Crippen molar-refractivity contribution >= 4 is 8.32 Å². The van der Waals surface area contributed by atoms with Gasteiger partial charge in [0.25, 0.3) is 0 Å². The lowest BCUT2D eigenvalue weighted by molar-refractivity contribution is 0.0561. The van der Waals surface area contributed by atoms with Crippen LogP contribution in [0.25, 0.3) is 0 Å². The molecule has 0 spiro atoms. The van der Waals surface area contributed by atoms with Gasteiger partial charge < -0.3 is 9.16 Å². The number of aryl methyl sites for hydroxylation is 1. The van der Waals surface area contributed by atoms with Crippen molar-refractivity contribution in [3.63, 3.8) is 0 Å². The minimum atomic E-state index is -1.88. The Morgan fingerprint density at radius 3 is 2.08 bits per heavy atom. The molecule has 37 heavy (non-hydrogen) atoms. The summed E-state index contributed by atoms with van der Waals surface area (Å²) in [7, 11) is -1.88. The number of hydrogen-bond donors (Lipinski definition) is 0. The molecule has 0 saturated heterocycles. The Balaban J connectivity index is 1.97. The molecule has 208 valence electrons. The van der Waals surface area contributed by atoms with Crippen molar-refractivity contribution in [2.24, 2.45) is 0 Å². The van der Waals surface area contributed by atoms with E-state index in [9.17, 15) is 0 Å². The lowest BCUT2D eigenvalue weighted by Crippen LogP contribution is -2.44. The average Bonchev–Trinajstić information content (AvgIpc) is 2.77. The van der Waals surface area contributed by atoms with E-state index < -0.39 is 8.32 Å². The van der Waals surface area contributed by atoms with Crippen LogP contribution in [0.3, 0.4) is 0 Å². The summed E-state index contributed by atoms with van der Waals surface area (Å²) in [5.74, 6) is 2.16. The first-order valence-corrected chi connectivity index (χ1v) is 17.4. The highest BCUT2D eigenvalue weighted by atomic mass is 28.4. The van der Waals surface area contributed by atoms with Crippen molar-refractivity contribution in [3.05, 3.63) is 57.7 Å². The van der Waals surface area contributed by atoms with Crippen LogP contribution in [-0.4, -0.2) is 13.9 Å². The molecule has 0 aliphatic carbocycles. The zero-order valence-corrected chi connectivity index (χ0v) is 27.3. The first-order chi connectivity index (χ1) is 17.0. The molecule has 0 fully saturated rings. The van der Waals surface area contributed by atoms with Crippen LogP contribution in [0.1, 0.15) is 117 Å². The van der Waals surface area contributed by atoms with Gasteiger partial charge in [-0.1, -0.05) is 55.7 Å². The van der Waals surface area contributed by atoms with Gasteiger partial charge in [-0.2, -0.15) is 0 Å². The molecule has 2 rings (SSSR count). The van der Waals surface area contributed by atoms with Crippen molar-refractivity contribution in [1.82, 2.24) is 0 Å². The fourth-order valence-corrected chi connectivity index (χ4v) is 5.69. The van der Waals surface area contributed by atoms with Gasteiger partial charge in [0.15, 0.2) is 0 Å². The highest BCUT2D eigenvalue weighted by Crippen LogP contribution is 2.44. The van der Waals surface area contributed by atoms with Gasteiger partial charge in [-0.05, 0) is 141 Å². The molecule has 0 N–H and O–H groups in total. The van der Waals surface area contributed by atoms with Crippen LogP contribution in [0.2, 0.25) is 18.1 Å². The minimum absolute atomic E-state index is 0.107. The molecular formula is C34H56O2Si. The third-order valence-electron chi connectivity index (χ3n) is 8.60. The van der Waals surface area contributed by atoms with E-state index in [-0.39, 0.29) is 10.6 Å². The fraction of sp³-hybridized carbons (Fsp3) is 0.647. The second kappa shape index (κ2) is 12.9. The molecule has 1 heterocycles. The number of ether oxygens (including phenoxy) is 1. The van der Waals surface area contributed by atoms with Gasteiger partial charge in [0.05, 0.1) is 0 Å². The molecule has 2 nitrogen and oxygen atoms in total. The maximum absolute atomic E-state index is 6.74. The molecule has 0 radical (unpaired) electrons. The van der Waals surface area contributed by atoms with Crippen molar-refractivity contribution in [1.29, 1.82) is 0 Å². The van der Waals surface area contributed by atoms with Crippen molar-refractivity contribution in [3.8, 4) is 11.5 Å². The molecule has 1 aliphatic rings. The normalized spacial score (nSPS) is 18.8. The summed E-state index contributed by atoms with van der Waals surface area (Å²) in [4.78, 5) is 0. The minimum Gasteiger partial charge on any atom is -0.543 e. The predicted octanol–water partition coefficient (Wildman–Crippen LogP) is 11.0. The molecule has 1 aliphatic heterocycles. The van der Waals surface area contributed by atoms with E-state index in [1.54, 1.807) is 0 Å². The lowest BCUT2D eigenvalue weighted by atomic mass is 9.87. The Labute approximate surface area is 230 Å². The maximum atomic E-state index is 6.74. The summed E-state index contributed by atoms with van der Waals surface area (Å²) in [5.41, 5.74) is 8.10. The van der Waals surface area contributed by atoms with E-state index in [1.165, 1.54) is 39.8 Å². The molecule has 0 saturated carbocycles. The highest BCUT2D eigenvalue weighted by Gasteiger charge is 2.40. The summed E-state index contributed by atoms with van der Waals surface area (Å²) >= 11 is 0. The summed E-state index contributed by atoms with van der Waals surface area (Å²) in [6.45, 7) is 27.2. The molecule has 0 amide bonds. The van der Waals surface area contributed by atoms with Crippen LogP contribution in [0.15, 0.2) is 41.0 Å². The summed E-state index contributed by atoms with van der Waals surface area (Å²) < 4.78 is 13.5. The van der Waals surface area contributed by atoms with Crippen LogP contribution >= 0.6 is 0 Å². The Kier molecular flexibility index (Phi) is 10.9. The van der Waals surface area contributed by atoms with Crippen LogP contribution in [0.4, 0.5) is 0 Å². The van der Waals surface area contributed by atoms with Gasteiger partial charge in [-0.25, -0.2) is 0 Å². The fourth-order valence-electron chi connectivity index (χ4n) is 4.63. The summed E-state index contributed by atoms with van der Waals surface area (Å²) in [6, 6.07) is 2.27. The quantitative estimate of drug-likeness (QED) is 0.212. The van der Waals surface area contributed by atoms with Gasteiger partial charge in [-0.15, -0.1) is 0 Å². The van der Waals surface area contributed by atoms with E-state index in [2.05, 4.69) is 107 Å². The monoisotopic (exact) mass is 524 g/mol. The SMILES string of the molecule is CC(C)=CCC/C(C)=C/CC/C(C)=C/CC[C@]1(C)CCc2cc(O[Si](C)(C)C(C)(C)C)c(C)c(C)c2O1. The van der Waals surface area contributed by atoms with Crippen LogP contribution in [0, 0.1) is 13.8 Å². The van der Waals surface area contributed by atoms with Crippen LogP contribution in [-0.2, 0) is 6.42 Å². The topological polar surface area (TPSA) is 18.5 Å². The smallest absolute Gasteiger partial charge is 0.250 e. The Morgan fingerprint density at radius 2 is 1.51 bits per heavy atom. The molecule has 0 bridgehead atoms. The molecule has 1 atom stereocenters. The van der Waals surface area contributed by atoms with Crippen LogP contribution < -0.4 is 9.16 Å². The van der Waals surface area contributed by atoms with Crippen LogP contribution in [0.5, 0.6) is 11.5 Å². The van der Waals surface area contributed by atoms with E-state index >= 15 is 0 Å². The molecule has 0 aromatic heterocycles. The first kappa shape index (κ1) is 31.5. The summed E-state index contributed by atoms with van der Waals surface area (Å²) in [6.07, 6.45) is 16.1. The van der Waals surface area contributed by atoms with Gasteiger partial charge in [-0.3, -0.25) is 0 Å². The second-order valence-electron chi connectivity index (χ2n) is 13.5. The van der Waals surface area contributed by atoms with Gasteiger partial charge >= 0.3 is 0 Å². The Bertz CT molecular complexity index is 1020. The van der Waals surface area contributed by atoms with Gasteiger partial charge in [0.1, 0.15) is 17.1 Å². The Morgan fingerprint density at radius 1 is 0.946 bits per heavy atom. The number of fused-ring (bicyclic) bond motifs is 1. The number of benzene rings is 1. The third-order valence-corrected chi connectivity index (χ3v) is 12.9. The standard InChI is InChI=1S/C34H56O2Si/c1-25(2)16-13-17-26(3)18-14-19-27(4)20-15-22-34(10)23-21-30-24-31(28(5)29(6)32(30)35-34)36-37(11,12)33(7,8)9/h16,18,20,24H,13-15,17,19,21-23H2,1-12H3/b26-18+,27-20+/t34-/m1/s1. The molecule has 1 aromatic carbocycles. The first-order valence-electron chi connectivity index (χ1n) is 14.5. The lowest BCUT2D eigenvalue weighted by Gasteiger charge is -2.39. The number of allylic oxidation sites excluding steroid dienone is 6. The third kappa shape index (κ3) is 9.20.